The Morgan fingerprint density at radius 3 is 2.81 bits per heavy atom. The molecule has 0 heterocycles. The maximum Gasteiger partial charge on any atom is 0.165 e. The van der Waals surface area contributed by atoms with Gasteiger partial charge in [-0.1, -0.05) is 17.7 Å². The molecule has 0 aromatic heterocycles. The molecule has 1 unspecified atom stereocenters. The number of allylic oxidation sites excluding steroid dienone is 1. The van der Waals surface area contributed by atoms with Crippen LogP contribution < -0.4 is 10.5 Å². The summed E-state index contributed by atoms with van der Waals surface area (Å²) < 4.78 is 18.4. The highest BCUT2D eigenvalue weighted by Gasteiger charge is 2.16. The number of halogens is 1. The predicted octanol–water partition coefficient (Wildman–Crippen LogP) is 2.94. The molecule has 1 aromatic rings. The summed E-state index contributed by atoms with van der Waals surface area (Å²) in [7, 11) is 1.46. The van der Waals surface area contributed by atoms with Crippen molar-refractivity contribution in [1.82, 2.24) is 0 Å². The summed E-state index contributed by atoms with van der Waals surface area (Å²) in [6, 6.07) is 4.73. The number of ether oxygens (including phenoxy) is 1. The van der Waals surface area contributed by atoms with Gasteiger partial charge >= 0.3 is 0 Å². The lowest BCUT2D eigenvalue weighted by Gasteiger charge is -2.14. The van der Waals surface area contributed by atoms with Gasteiger partial charge in [-0.25, -0.2) is 4.39 Å². The SMILES string of the molecule is COc1ccc(C(N)C2=CCCC2)cc1F. The van der Waals surface area contributed by atoms with E-state index in [1.165, 1.54) is 18.7 Å². The first-order chi connectivity index (χ1) is 7.72. The maximum atomic E-state index is 13.5. The maximum absolute atomic E-state index is 13.5. The Morgan fingerprint density at radius 2 is 2.25 bits per heavy atom. The number of nitrogens with two attached hydrogens (primary N) is 1. The first-order valence-electron chi connectivity index (χ1n) is 5.50. The van der Waals surface area contributed by atoms with Crippen molar-refractivity contribution < 1.29 is 9.13 Å². The third kappa shape index (κ3) is 2.09. The van der Waals surface area contributed by atoms with Gasteiger partial charge in [-0.3, -0.25) is 0 Å². The molecule has 0 amide bonds. The van der Waals surface area contributed by atoms with Gasteiger partial charge in [0, 0.05) is 0 Å². The van der Waals surface area contributed by atoms with Crippen LogP contribution in [0.5, 0.6) is 5.75 Å². The van der Waals surface area contributed by atoms with Gasteiger partial charge < -0.3 is 10.5 Å². The van der Waals surface area contributed by atoms with Crippen molar-refractivity contribution in [2.45, 2.75) is 25.3 Å². The predicted molar refractivity (Wildman–Crippen MR) is 61.8 cm³/mol. The molecule has 86 valence electrons. The second-order valence-electron chi connectivity index (χ2n) is 4.04. The lowest BCUT2D eigenvalue weighted by molar-refractivity contribution is 0.386. The van der Waals surface area contributed by atoms with Crippen molar-refractivity contribution in [3.05, 3.63) is 41.2 Å². The Balaban J connectivity index is 2.23. The Bertz CT molecular complexity index is 414. The van der Waals surface area contributed by atoms with Crippen LogP contribution in [0.1, 0.15) is 30.9 Å². The van der Waals surface area contributed by atoms with Gasteiger partial charge in [0.05, 0.1) is 13.2 Å². The second kappa shape index (κ2) is 4.66. The summed E-state index contributed by atoms with van der Waals surface area (Å²) in [5, 5.41) is 0. The van der Waals surface area contributed by atoms with E-state index in [0.29, 0.717) is 0 Å². The van der Waals surface area contributed by atoms with E-state index in [4.69, 9.17) is 10.5 Å². The van der Waals surface area contributed by atoms with Crippen molar-refractivity contribution in [3.8, 4) is 5.75 Å². The lowest BCUT2D eigenvalue weighted by atomic mass is 9.99. The third-order valence-corrected chi connectivity index (χ3v) is 3.01. The molecule has 2 rings (SSSR count). The average molecular weight is 221 g/mol. The van der Waals surface area contributed by atoms with Crippen molar-refractivity contribution in [2.24, 2.45) is 5.73 Å². The van der Waals surface area contributed by atoms with Gasteiger partial charge in [0.25, 0.3) is 0 Å². The van der Waals surface area contributed by atoms with E-state index in [-0.39, 0.29) is 17.6 Å². The summed E-state index contributed by atoms with van der Waals surface area (Å²) in [6.07, 6.45) is 5.42. The molecule has 3 heteroatoms. The minimum absolute atomic E-state index is 0.178. The molecule has 0 bridgehead atoms. The molecule has 1 aliphatic rings. The first kappa shape index (κ1) is 11.1. The molecule has 0 fully saturated rings. The summed E-state index contributed by atoms with van der Waals surface area (Å²) in [6.45, 7) is 0. The van der Waals surface area contributed by atoms with E-state index in [1.807, 2.05) is 6.07 Å². The Kier molecular flexibility index (Phi) is 3.25. The number of hydrogen-bond donors (Lipinski definition) is 1. The number of benzene rings is 1. The van der Waals surface area contributed by atoms with Gasteiger partial charge in [-0.05, 0) is 37.0 Å². The summed E-state index contributed by atoms with van der Waals surface area (Å²) >= 11 is 0. The highest BCUT2D eigenvalue weighted by molar-refractivity contribution is 5.35. The molecule has 1 atom stereocenters. The van der Waals surface area contributed by atoms with Crippen LogP contribution in [0.3, 0.4) is 0 Å². The van der Waals surface area contributed by atoms with E-state index in [0.717, 1.165) is 24.8 Å². The molecular formula is C13H16FNO. The largest absolute Gasteiger partial charge is 0.494 e. The van der Waals surface area contributed by atoms with Crippen LogP contribution in [0.25, 0.3) is 0 Å². The quantitative estimate of drug-likeness (QED) is 0.796. The number of methoxy groups -OCH3 is 1. The molecule has 0 spiro atoms. The first-order valence-corrected chi connectivity index (χ1v) is 5.50. The van der Waals surface area contributed by atoms with Crippen molar-refractivity contribution in [1.29, 1.82) is 0 Å². The van der Waals surface area contributed by atoms with E-state index < -0.39 is 0 Å². The Morgan fingerprint density at radius 1 is 1.44 bits per heavy atom. The number of rotatable bonds is 3. The van der Waals surface area contributed by atoms with E-state index in [2.05, 4.69) is 6.08 Å². The van der Waals surface area contributed by atoms with Crippen molar-refractivity contribution >= 4 is 0 Å². The van der Waals surface area contributed by atoms with Gasteiger partial charge in [-0.15, -0.1) is 0 Å². The standard InChI is InChI=1S/C13H16FNO/c1-16-12-7-6-10(8-11(12)14)13(15)9-4-2-3-5-9/h4,6-8,13H,2-3,5,15H2,1H3. The fourth-order valence-corrected chi connectivity index (χ4v) is 2.07. The molecule has 1 aromatic carbocycles. The molecule has 1 aliphatic carbocycles. The van der Waals surface area contributed by atoms with E-state index >= 15 is 0 Å². The van der Waals surface area contributed by atoms with Crippen molar-refractivity contribution in [2.75, 3.05) is 7.11 Å². The van der Waals surface area contributed by atoms with Gasteiger partial charge in [-0.2, -0.15) is 0 Å². The van der Waals surface area contributed by atoms with Crippen LogP contribution >= 0.6 is 0 Å². The fraction of sp³-hybridized carbons (Fsp3) is 0.385. The molecule has 0 saturated heterocycles. The zero-order valence-corrected chi connectivity index (χ0v) is 9.37. The fourth-order valence-electron chi connectivity index (χ4n) is 2.07. The van der Waals surface area contributed by atoms with Gasteiger partial charge in [0.2, 0.25) is 0 Å². The van der Waals surface area contributed by atoms with Crippen LogP contribution in [0, 0.1) is 5.82 Å². The van der Waals surface area contributed by atoms with Crippen LogP contribution in [0.15, 0.2) is 29.8 Å². The Hall–Kier alpha value is -1.35. The smallest absolute Gasteiger partial charge is 0.165 e. The monoisotopic (exact) mass is 221 g/mol. The van der Waals surface area contributed by atoms with E-state index in [9.17, 15) is 4.39 Å². The lowest BCUT2D eigenvalue weighted by Crippen LogP contribution is -2.12. The summed E-state index contributed by atoms with van der Waals surface area (Å²) in [5.41, 5.74) is 8.11. The number of hydrogen-bond acceptors (Lipinski definition) is 2. The zero-order valence-electron chi connectivity index (χ0n) is 9.37. The van der Waals surface area contributed by atoms with Crippen LogP contribution in [-0.2, 0) is 0 Å². The molecule has 0 saturated carbocycles. The minimum atomic E-state index is -0.353. The average Bonchev–Trinajstić information content (AvgIpc) is 2.81. The topological polar surface area (TPSA) is 35.2 Å². The second-order valence-corrected chi connectivity index (χ2v) is 4.04. The third-order valence-electron chi connectivity index (χ3n) is 3.01. The van der Waals surface area contributed by atoms with Crippen molar-refractivity contribution in [3.63, 3.8) is 0 Å². The molecule has 2 N–H and O–H groups in total. The van der Waals surface area contributed by atoms with Crippen LogP contribution in [0.4, 0.5) is 4.39 Å². The highest BCUT2D eigenvalue weighted by atomic mass is 19.1. The molecule has 16 heavy (non-hydrogen) atoms. The minimum Gasteiger partial charge on any atom is -0.494 e. The normalized spacial score (nSPS) is 17.1. The molecular weight excluding hydrogens is 205 g/mol. The molecule has 0 radical (unpaired) electrons. The van der Waals surface area contributed by atoms with Crippen LogP contribution in [0.2, 0.25) is 0 Å². The highest BCUT2D eigenvalue weighted by Crippen LogP contribution is 2.30. The Labute approximate surface area is 94.9 Å². The zero-order chi connectivity index (χ0) is 11.5. The van der Waals surface area contributed by atoms with Crippen LogP contribution in [-0.4, -0.2) is 7.11 Å². The summed E-state index contributed by atoms with van der Waals surface area (Å²) in [5.74, 6) is -0.0922. The molecule has 0 aliphatic heterocycles. The van der Waals surface area contributed by atoms with E-state index in [1.54, 1.807) is 6.07 Å². The summed E-state index contributed by atoms with van der Waals surface area (Å²) in [4.78, 5) is 0. The van der Waals surface area contributed by atoms with Gasteiger partial charge in [0.15, 0.2) is 11.6 Å². The van der Waals surface area contributed by atoms with Gasteiger partial charge in [0.1, 0.15) is 0 Å². The molecule has 2 nitrogen and oxygen atoms in total.